The average molecular weight is 331 g/mol. The molecule has 0 aliphatic rings. The Morgan fingerprint density at radius 2 is 1.92 bits per heavy atom. The molecule has 0 spiro atoms. The van der Waals surface area contributed by atoms with Crippen LogP contribution in [0.5, 0.6) is 0 Å². The summed E-state index contributed by atoms with van der Waals surface area (Å²) in [6.45, 7) is 7.24. The molecule has 1 aromatic carbocycles. The molecule has 0 saturated carbocycles. The van der Waals surface area contributed by atoms with Crippen LogP contribution in [0.1, 0.15) is 36.8 Å². The van der Waals surface area contributed by atoms with Gasteiger partial charge in [-0.05, 0) is 45.4 Å². The van der Waals surface area contributed by atoms with E-state index in [4.69, 9.17) is 9.84 Å². The zero-order valence-electron chi connectivity index (χ0n) is 14.4. The molecule has 24 heavy (non-hydrogen) atoms. The van der Waals surface area contributed by atoms with E-state index in [1.54, 1.807) is 33.9 Å². The summed E-state index contributed by atoms with van der Waals surface area (Å²) in [5.74, 6) is -1.09. The molecule has 7 nitrogen and oxygen atoms in total. The minimum absolute atomic E-state index is 0.0327. The number of carboxylic acids is 1. The van der Waals surface area contributed by atoms with Crippen molar-refractivity contribution < 1.29 is 19.4 Å². The van der Waals surface area contributed by atoms with Crippen molar-refractivity contribution in [3.63, 3.8) is 0 Å². The van der Waals surface area contributed by atoms with Gasteiger partial charge >= 0.3 is 12.1 Å². The lowest BCUT2D eigenvalue weighted by Gasteiger charge is -2.20. The highest BCUT2D eigenvalue weighted by Crippen LogP contribution is 2.26. The number of nitrogens with one attached hydrogen (secondary N) is 1. The van der Waals surface area contributed by atoms with E-state index < -0.39 is 17.7 Å². The summed E-state index contributed by atoms with van der Waals surface area (Å²) in [5, 5.41) is 15.7. The number of ether oxygens (including phenoxy) is 1. The molecule has 2 rings (SSSR count). The summed E-state index contributed by atoms with van der Waals surface area (Å²) in [7, 11) is 1.67. The van der Waals surface area contributed by atoms with Crippen molar-refractivity contribution in [2.24, 2.45) is 7.05 Å². The number of aromatic carboxylic acids is 1. The maximum atomic E-state index is 12.0. The van der Waals surface area contributed by atoms with Gasteiger partial charge in [-0.2, -0.15) is 5.10 Å². The predicted octanol–water partition coefficient (Wildman–Crippen LogP) is 3.44. The Labute approximate surface area is 140 Å². The molecular formula is C17H21N3O4. The van der Waals surface area contributed by atoms with Crippen LogP contribution in [0.2, 0.25) is 0 Å². The number of carbonyl (C=O) groups is 2. The van der Waals surface area contributed by atoms with E-state index in [0.717, 1.165) is 11.1 Å². The van der Waals surface area contributed by atoms with Gasteiger partial charge in [0.2, 0.25) is 0 Å². The van der Waals surface area contributed by atoms with E-state index in [9.17, 15) is 9.59 Å². The second-order valence-corrected chi connectivity index (χ2v) is 6.50. The molecule has 1 heterocycles. The number of hydrogen-bond donors (Lipinski definition) is 2. The van der Waals surface area contributed by atoms with Crippen LogP contribution in [0.25, 0.3) is 11.3 Å². The molecule has 0 aliphatic heterocycles. The summed E-state index contributed by atoms with van der Waals surface area (Å²) in [4.78, 5) is 23.0. The van der Waals surface area contributed by atoms with Crippen molar-refractivity contribution in [2.45, 2.75) is 33.3 Å². The monoisotopic (exact) mass is 331 g/mol. The number of benzene rings is 1. The zero-order valence-corrected chi connectivity index (χ0v) is 14.4. The van der Waals surface area contributed by atoms with Gasteiger partial charge in [0.05, 0.1) is 5.69 Å². The highest BCUT2D eigenvalue weighted by Gasteiger charge is 2.18. The van der Waals surface area contributed by atoms with Crippen LogP contribution in [-0.2, 0) is 11.8 Å². The van der Waals surface area contributed by atoms with Crippen molar-refractivity contribution in [1.82, 2.24) is 9.78 Å². The summed E-state index contributed by atoms with van der Waals surface area (Å²) in [6.07, 6.45) is -0.543. The number of carboxylic acid groups (broad SMARTS) is 1. The van der Waals surface area contributed by atoms with E-state index in [0.29, 0.717) is 11.4 Å². The van der Waals surface area contributed by atoms with Gasteiger partial charge in [0.15, 0.2) is 5.69 Å². The fourth-order valence-corrected chi connectivity index (χ4v) is 2.17. The first-order valence-electron chi connectivity index (χ1n) is 7.45. The van der Waals surface area contributed by atoms with Gasteiger partial charge in [0.1, 0.15) is 5.60 Å². The number of aromatic nitrogens is 2. The molecule has 128 valence electrons. The number of rotatable bonds is 3. The van der Waals surface area contributed by atoms with Crippen LogP contribution in [0.15, 0.2) is 24.3 Å². The Kier molecular flexibility index (Phi) is 4.64. The second kappa shape index (κ2) is 6.35. The Balaban J connectivity index is 2.32. The van der Waals surface area contributed by atoms with Crippen molar-refractivity contribution in [3.8, 4) is 11.3 Å². The Bertz CT molecular complexity index is 788. The Morgan fingerprint density at radius 1 is 1.25 bits per heavy atom. The minimum atomic E-state index is -1.09. The number of nitrogens with zero attached hydrogens (tertiary/aromatic N) is 2. The molecule has 7 heteroatoms. The quantitative estimate of drug-likeness (QED) is 0.898. The summed E-state index contributed by atoms with van der Waals surface area (Å²) >= 11 is 0. The third kappa shape index (κ3) is 4.13. The molecule has 2 N–H and O–H groups in total. The highest BCUT2D eigenvalue weighted by atomic mass is 16.6. The molecule has 0 saturated heterocycles. The number of carbonyl (C=O) groups excluding carboxylic acids is 1. The standard InChI is InChI=1S/C17H21N3O4/c1-10-6-7-11(14-9-13(15(21)22)19-20(14)5)8-12(10)18-16(23)24-17(2,3)4/h6-9H,1-5H3,(H,18,23)(H,21,22). The molecule has 0 fully saturated rings. The molecule has 0 bridgehead atoms. The number of aryl methyl sites for hydroxylation is 2. The topological polar surface area (TPSA) is 93.5 Å². The fourth-order valence-electron chi connectivity index (χ4n) is 2.17. The van der Waals surface area contributed by atoms with Gasteiger partial charge in [-0.3, -0.25) is 10.00 Å². The minimum Gasteiger partial charge on any atom is -0.476 e. The third-order valence-electron chi connectivity index (χ3n) is 3.27. The Hall–Kier alpha value is -2.83. The highest BCUT2D eigenvalue weighted by molar-refractivity contribution is 5.89. The number of anilines is 1. The first-order chi connectivity index (χ1) is 11.1. The molecule has 0 aliphatic carbocycles. The van der Waals surface area contributed by atoms with E-state index in [2.05, 4.69) is 10.4 Å². The van der Waals surface area contributed by atoms with Gasteiger partial charge in [0, 0.05) is 18.3 Å². The predicted molar refractivity (Wildman–Crippen MR) is 90.2 cm³/mol. The first kappa shape index (κ1) is 17.5. The third-order valence-corrected chi connectivity index (χ3v) is 3.27. The summed E-state index contributed by atoms with van der Waals surface area (Å²) in [6, 6.07) is 6.94. The van der Waals surface area contributed by atoms with Gasteiger partial charge in [-0.25, -0.2) is 9.59 Å². The zero-order chi connectivity index (χ0) is 18.1. The van der Waals surface area contributed by atoms with E-state index in [-0.39, 0.29) is 5.69 Å². The van der Waals surface area contributed by atoms with Crippen LogP contribution in [0.4, 0.5) is 10.5 Å². The largest absolute Gasteiger partial charge is 0.476 e. The lowest BCUT2D eigenvalue weighted by Crippen LogP contribution is -2.27. The maximum absolute atomic E-state index is 12.0. The molecule has 0 atom stereocenters. The van der Waals surface area contributed by atoms with Gasteiger partial charge in [-0.1, -0.05) is 12.1 Å². The van der Waals surface area contributed by atoms with Crippen molar-refractivity contribution in [3.05, 3.63) is 35.5 Å². The van der Waals surface area contributed by atoms with E-state index >= 15 is 0 Å². The van der Waals surface area contributed by atoms with Crippen molar-refractivity contribution in [1.29, 1.82) is 0 Å². The molecule has 1 aromatic heterocycles. The smallest absolute Gasteiger partial charge is 0.412 e. The van der Waals surface area contributed by atoms with Crippen LogP contribution < -0.4 is 5.32 Å². The van der Waals surface area contributed by atoms with Crippen molar-refractivity contribution >= 4 is 17.7 Å². The van der Waals surface area contributed by atoms with Crippen LogP contribution in [-0.4, -0.2) is 32.6 Å². The van der Waals surface area contributed by atoms with Gasteiger partial charge in [-0.15, -0.1) is 0 Å². The average Bonchev–Trinajstić information content (AvgIpc) is 2.81. The second-order valence-electron chi connectivity index (χ2n) is 6.50. The summed E-state index contributed by atoms with van der Waals surface area (Å²) < 4.78 is 6.75. The molecule has 0 unspecified atom stereocenters. The molecule has 2 aromatic rings. The maximum Gasteiger partial charge on any atom is 0.412 e. The SMILES string of the molecule is Cc1ccc(-c2cc(C(=O)O)nn2C)cc1NC(=O)OC(C)(C)C. The molecular weight excluding hydrogens is 310 g/mol. The first-order valence-corrected chi connectivity index (χ1v) is 7.45. The summed E-state index contributed by atoms with van der Waals surface area (Å²) in [5.41, 5.74) is 2.22. The lowest BCUT2D eigenvalue weighted by atomic mass is 10.1. The van der Waals surface area contributed by atoms with Gasteiger partial charge < -0.3 is 9.84 Å². The number of hydrogen-bond acceptors (Lipinski definition) is 4. The number of amides is 1. The van der Waals surface area contributed by atoms with E-state index in [1.807, 2.05) is 19.1 Å². The van der Waals surface area contributed by atoms with E-state index in [1.165, 1.54) is 10.7 Å². The normalized spacial score (nSPS) is 11.2. The van der Waals surface area contributed by atoms with Crippen LogP contribution in [0, 0.1) is 6.92 Å². The van der Waals surface area contributed by atoms with Gasteiger partial charge in [0.25, 0.3) is 0 Å². The fraction of sp³-hybridized carbons (Fsp3) is 0.353. The van der Waals surface area contributed by atoms with Crippen molar-refractivity contribution in [2.75, 3.05) is 5.32 Å². The van der Waals surface area contributed by atoms with Crippen LogP contribution in [0.3, 0.4) is 0 Å². The lowest BCUT2D eigenvalue weighted by molar-refractivity contribution is 0.0633. The molecule has 1 amide bonds. The Morgan fingerprint density at radius 3 is 2.46 bits per heavy atom. The van der Waals surface area contributed by atoms with Crippen LogP contribution >= 0.6 is 0 Å². The molecule has 0 radical (unpaired) electrons.